The third-order valence-electron chi connectivity index (χ3n) is 3.02. The number of quaternary nitrogens is 2. The van der Waals surface area contributed by atoms with Gasteiger partial charge in [0.2, 0.25) is 5.82 Å². The van der Waals surface area contributed by atoms with Gasteiger partial charge >= 0.3 is 0 Å². The van der Waals surface area contributed by atoms with Gasteiger partial charge in [-0.25, -0.2) is 0 Å². The number of hydrogen-bond donors (Lipinski definition) is 2. The average Bonchev–Trinajstić information content (AvgIpc) is 2.36. The average molecular weight is 329 g/mol. The monoisotopic (exact) mass is 327 g/mol. The van der Waals surface area contributed by atoms with E-state index in [1.807, 2.05) is 12.1 Å². The van der Waals surface area contributed by atoms with Gasteiger partial charge in [0.25, 0.3) is 0 Å². The maximum absolute atomic E-state index is 5.83. The summed E-state index contributed by atoms with van der Waals surface area (Å²) in [4.78, 5) is 5.90. The van der Waals surface area contributed by atoms with Crippen LogP contribution in [0.1, 0.15) is 6.42 Å². The van der Waals surface area contributed by atoms with Gasteiger partial charge in [0, 0.05) is 12.5 Å². The summed E-state index contributed by atoms with van der Waals surface area (Å²) in [5.74, 6) is 0.981. The van der Waals surface area contributed by atoms with Crippen LogP contribution in [0.5, 0.6) is 0 Å². The lowest BCUT2D eigenvalue weighted by Gasteiger charge is -2.23. The number of morpholine rings is 1. The number of pyridine rings is 1. The maximum Gasteiger partial charge on any atom is 0.225 e. The van der Waals surface area contributed by atoms with Gasteiger partial charge in [0.05, 0.1) is 26.3 Å². The number of nitrogens with two attached hydrogens (primary N) is 1. The van der Waals surface area contributed by atoms with E-state index in [2.05, 4.69) is 10.3 Å². The summed E-state index contributed by atoms with van der Waals surface area (Å²) < 4.78 is 5.34. The van der Waals surface area contributed by atoms with Crippen LogP contribution in [0.15, 0.2) is 18.2 Å². The van der Waals surface area contributed by atoms with Gasteiger partial charge < -0.3 is 34.5 Å². The van der Waals surface area contributed by atoms with Crippen LogP contribution < -0.4 is 35.0 Å². The number of halogens is 3. The molecule has 4 nitrogen and oxygen atoms in total. The zero-order valence-corrected chi connectivity index (χ0v) is 13.0. The van der Waals surface area contributed by atoms with Crippen LogP contribution in [0, 0.1) is 0 Å². The maximum atomic E-state index is 5.83. The highest BCUT2D eigenvalue weighted by atomic mass is 35.5. The quantitative estimate of drug-likeness (QED) is 0.417. The molecule has 0 amide bonds. The van der Waals surface area contributed by atoms with E-state index in [1.165, 1.54) is 13.0 Å². The number of hydrogen-bond acceptors (Lipinski definition) is 2. The first-order valence-electron chi connectivity index (χ1n) is 6.22. The third-order valence-corrected chi connectivity index (χ3v) is 3.23. The lowest BCUT2D eigenvalue weighted by molar-refractivity contribution is -0.909. The molecule has 2 heterocycles. The molecule has 0 radical (unpaired) electrons. The number of aromatic nitrogens is 1. The summed E-state index contributed by atoms with van der Waals surface area (Å²) in [6.45, 7) is 6.41. The number of nitrogens with one attached hydrogen (secondary N) is 1. The second-order valence-corrected chi connectivity index (χ2v) is 4.73. The molecule has 110 valence electrons. The molecule has 19 heavy (non-hydrogen) atoms. The summed E-state index contributed by atoms with van der Waals surface area (Å²) in [6, 6.07) is 5.73. The van der Waals surface area contributed by atoms with Crippen LogP contribution in [0.3, 0.4) is 0 Å². The molecule has 1 aliphatic rings. The molecule has 0 aliphatic carbocycles. The Balaban J connectivity index is 0.00000162. The van der Waals surface area contributed by atoms with Crippen LogP contribution in [0.4, 0.5) is 5.82 Å². The van der Waals surface area contributed by atoms with Gasteiger partial charge in [0.15, 0.2) is 0 Å². The Labute approximate surface area is 131 Å². The van der Waals surface area contributed by atoms with Crippen molar-refractivity contribution in [2.75, 3.05) is 39.4 Å². The Morgan fingerprint density at radius 1 is 1.26 bits per heavy atom. The SMILES string of the molecule is Clc1cccc([NH2+]CCC[NH+]2CCOCC2)n1.[Cl-].[Cl-]. The molecule has 0 saturated carbocycles. The van der Waals surface area contributed by atoms with Crippen LogP contribution >= 0.6 is 11.6 Å². The molecule has 3 N–H and O–H groups in total. The highest BCUT2D eigenvalue weighted by Crippen LogP contribution is 2.04. The predicted molar refractivity (Wildman–Crippen MR) is 66.7 cm³/mol. The molecule has 7 heteroatoms. The van der Waals surface area contributed by atoms with E-state index in [-0.39, 0.29) is 24.8 Å². The van der Waals surface area contributed by atoms with Crippen LogP contribution in [-0.4, -0.2) is 44.4 Å². The van der Waals surface area contributed by atoms with Gasteiger partial charge in [-0.2, -0.15) is 4.98 Å². The van der Waals surface area contributed by atoms with Gasteiger partial charge in [-0.1, -0.05) is 17.7 Å². The van der Waals surface area contributed by atoms with E-state index >= 15 is 0 Å². The Hall–Kier alpha value is -0.100. The second kappa shape index (κ2) is 10.7. The highest BCUT2D eigenvalue weighted by Gasteiger charge is 2.13. The number of nitrogens with zero attached hydrogens (tertiary/aromatic N) is 1. The molecule has 2 rings (SSSR count). The molecule has 0 aromatic carbocycles. The fraction of sp³-hybridized carbons (Fsp3) is 0.583. The Morgan fingerprint density at radius 2 is 2.00 bits per heavy atom. The van der Waals surface area contributed by atoms with E-state index in [0.717, 1.165) is 38.7 Å². The Kier molecular flexibility index (Phi) is 10.6. The topological polar surface area (TPSA) is 43.2 Å². The van der Waals surface area contributed by atoms with Crippen molar-refractivity contribution in [1.82, 2.24) is 4.98 Å². The molecule has 0 bridgehead atoms. The molecule has 0 spiro atoms. The van der Waals surface area contributed by atoms with E-state index < -0.39 is 0 Å². The molecule has 1 aliphatic heterocycles. The first kappa shape index (κ1) is 18.9. The van der Waals surface area contributed by atoms with Crippen molar-refractivity contribution in [2.45, 2.75) is 6.42 Å². The third kappa shape index (κ3) is 7.30. The molecular weight excluding hydrogens is 309 g/mol. The van der Waals surface area contributed by atoms with E-state index in [1.54, 1.807) is 11.0 Å². The van der Waals surface area contributed by atoms with Crippen molar-refractivity contribution in [3.8, 4) is 0 Å². The van der Waals surface area contributed by atoms with Gasteiger partial charge in [-0.3, -0.25) is 5.32 Å². The largest absolute Gasteiger partial charge is 1.00 e. The Morgan fingerprint density at radius 3 is 2.68 bits per heavy atom. The normalized spacial score (nSPS) is 15.4. The molecule has 1 fully saturated rings. The van der Waals surface area contributed by atoms with Gasteiger partial charge in [-0.15, -0.1) is 0 Å². The summed E-state index contributed by atoms with van der Waals surface area (Å²) in [5, 5.41) is 2.73. The summed E-state index contributed by atoms with van der Waals surface area (Å²) in [6.07, 6.45) is 1.20. The summed E-state index contributed by atoms with van der Waals surface area (Å²) >= 11 is 5.83. The molecule has 1 aromatic heterocycles. The molecular formula is C12H20Cl3N3O. The standard InChI is InChI=1S/C12H18ClN3O.2ClH/c13-11-3-1-4-12(15-11)14-5-2-6-16-7-9-17-10-8-16;;/h1,3-4H,2,5-10H2,(H,14,15);2*1H. The smallest absolute Gasteiger partial charge is 0.225 e. The minimum Gasteiger partial charge on any atom is -1.00 e. The second-order valence-electron chi connectivity index (χ2n) is 4.34. The number of ether oxygens (including phenoxy) is 1. The minimum atomic E-state index is 0. The Bertz CT molecular complexity index is 349. The van der Waals surface area contributed by atoms with Crippen molar-refractivity contribution in [3.05, 3.63) is 23.4 Å². The highest BCUT2D eigenvalue weighted by molar-refractivity contribution is 6.29. The zero-order chi connectivity index (χ0) is 11.9. The first-order valence-corrected chi connectivity index (χ1v) is 6.59. The predicted octanol–water partition coefficient (Wildman–Crippen LogP) is -6.76. The summed E-state index contributed by atoms with van der Waals surface area (Å²) in [5.41, 5.74) is 0. The van der Waals surface area contributed by atoms with E-state index in [0.29, 0.717) is 5.15 Å². The van der Waals surface area contributed by atoms with Crippen molar-refractivity contribution < 1.29 is 39.8 Å². The number of rotatable bonds is 5. The van der Waals surface area contributed by atoms with Gasteiger partial charge in [-0.05, 0) is 6.07 Å². The molecule has 1 aromatic rings. The van der Waals surface area contributed by atoms with E-state index in [9.17, 15) is 0 Å². The fourth-order valence-corrected chi connectivity index (χ4v) is 2.22. The molecule has 0 unspecified atom stereocenters. The van der Waals surface area contributed by atoms with Gasteiger partial charge in [0.1, 0.15) is 18.2 Å². The summed E-state index contributed by atoms with van der Waals surface area (Å²) in [7, 11) is 0. The lowest BCUT2D eigenvalue weighted by atomic mass is 10.3. The molecule has 1 saturated heterocycles. The fourth-order valence-electron chi connectivity index (χ4n) is 2.05. The van der Waals surface area contributed by atoms with Crippen LogP contribution in [-0.2, 0) is 4.74 Å². The van der Waals surface area contributed by atoms with Crippen molar-refractivity contribution in [3.63, 3.8) is 0 Å². The molecule has 0 atom stereocenters. The van der Waals surface area contributed by atoms with Crippen LogP contribution in [0.25, 0.3) is 0 Å². The van der Waals surface area contributed by atoms with Crippen molar-refractivity contribution in [1.29, 1.82) is 0 Å². The minimum absolute atomic E-state index is 0. The van der Waals surface area contributed by atoms with Crippen molar-refractivity contribution >= 4 is 17.4 Å². The first-order chi connectivity index (χ1) is 8.34. The lowest BCUT2D eigenvalue weighted by Crippen LogP contribution is -3.14. The van der Waals surface area contributed by atoms with E-state index in [4.69, 9.17) is 16.3 Å². The zero-order valence-electron chi connectivity index (χ0n) is 10.7. The van der Waals surface area contributed by atoms with Crippen LogP contribution in [0.2, 0.25) is 5.15 Å². The van der Waals surface area contributed by atoms with Crippen molar-refractivity contribution in [2.24, 2.45) is 0 Å².